The molecule has 1 aliphatic rings. The summed E-state index contributed by atoms with van der Waals surface area (Å²) in [6.45, 7) is 6.78. The number of fused-ring (bicyclic) bond motifs is 1. The molecule has 1 radical (unpaired) electrons. The van der Waals surface area contributed by atoms with Crippen LogP contribution in [0.5, 0.6) is 0 Å². The van der Waals surface area contributed by atoms with Gasteiger partial charge in [-0.05, 0) is 52.6 Å². The first-order chi connectivity index (χ1) is 11.3. The zero-order chi connectivity index (χ0) is 16.2. The van der Waals surface area contributed by atoms with Crippen LogP contribution < -0.4 is 0 Å². The van der Waals surface area contributed by atoms with E-state index in [-0.39, 0.29) is 0 Å². The summed E-state index contributed by atoms with van der Waals surface area (Å²) in [6.07, 6.45) is 10.6. The monoisotopic (exact) mass is 303 g/mol. The van der Waals surface area contributed by atoms with Crippen molar-refractivity contribution in [1.82, 2.24) is 0 Å². The summed E-state index contributed by atoms with van der Waals surface area (Å²) >= 11 is 0. The topological polar surface area (TPSA) is 0 Å². The molecule has 0 aromatic heterocycles. The highest BCUT2D eigenvalue weighted by Gasteiger charge is 2.20. The van der Waals surface area contributed by atoms with Crippen LogP contribution in [-0.2, 0) is 12.8 Å². The number of hydrogen-bond acceptors (Lipinski definition) is 0. The molecule has 0 nitrogen and oxygen atoms in total. The molecule has 119 valence electrons. The fourth-order valence-electron chi connectivity index (χ4n) is 3.69. The Morgan fingerprint density at radius 2 is 1.57 bits per heavy atom. The molecule has 0 aliphatic heterocycles. The Bertz CT molecular complexity index is 719. The third-order valence-electron chi connectivity index (χ3n) is 4.76. The second-order valence-corrected chi connectivity index (χ2v) is 6.48. The molecule has 0 unspecified atom stereocenters. The highest BCUT2D eigenvalue weighted by molar-refractivity contribution is 5.86. The molecule has 0 saturated carbocycles. The maximum absolute atomic E-state index is 2.43. The molecule has 2 aromatic carbocycles. The fraction of sp³-hybridized carbons (Fsp3) is 0.348. The second kappa shape index (κ2) is 7.17. The Morgan fingerprint density at radius 1 is 0.783 bits per heavy atom. The van der Waals surface area contributed by atoms with Gasteiger partial charge < -0.3 is 0 Å². The van der Waals surface area contributed by atoms with Crippen LogP contribution in [0.15, 0.2) is 42.0 Å². The Labute approximate surface area is 141 Å². The van der Waals surface area contributed by atoms with Gasteiger partial charge in [-0.1, -0.05) is 81.7 Å². The predicted molar refractivity (Wildman–Crippen MR) is 102 cm³/mol. The Balaban J connectivity index is 2.20. The van der Waals surface area contributed by atoms with Crippen molar-refractivity contribution in [2.75, 3.05) is 0 Å². The van der Waals surface area contributed by atoms with Gasteiger partial charge in [-0.3, -0.25) is 0 Å². The van der Waals surface area contributed by atoms with Gasteiger partial charge in [-0.2, -0.15) is 0 Å². The van der Waals surface area contributed by atoms with E-state index in [2.05, 4.69) is 69.7 Å². The van der Waals surface area contributed by atoms with E-state index in [9.17, 15) is 0 Å². The smallest absolute Gasteiger partial charge is 0.0164 e. The van der Waals surface area contributed by atoms with Crippen LogP contribution in [0.2, 0.25) is 0 Å². The standard InChI is InChI=1S/C23H27/c1-4-9-17-15-20-14-13-19(10-5-2)23(22(20)16-17)21-12-8-7-11-18(21)6-3/h7-8,11-16H,4-6,9-10H2,1-3H3. The molecule has 0 heteroatoms. The van der Waals surface area contributed by atoms with Crippen molar-refractivity contribution in [3.8, 4) is 11.1 Å². The van der Waals surface area contributed by atoms with Gasteiger partial charge in [0, 0.05) is 6.42 Å². The molecule has 0 amide bonds. The number of aryl methyl sites for hydroxylation is 2. The lowest BCUT2D eigenvalue weighted by Gasteiger charge is -2.17. The fourth-order valence-corrected chi connectivity index (χ4v) is 3.69. The van der Waals surface area contributed by atoms with E-state index in [1.54, 1.807) is 0 Å². The normalized spacial score (nSPS) is 13.1. The minimum atomic E-state index is 1.08. The lowest BCUT2D eigenvalue weighted by atomic mass is 9.87. The van der Waals surface area contributed by atoms with Gasteiger partial charge in [0.2, 0.25) is 0 Å². The van der Waals surface area contributed by atoms with E-state index >= 15 is 0 Å². The van der Waals surface area contributed by atoms with Crippen molar-refractivity contribution in [3.63, 3.8) is 0 Å². The van der Waals surface area contributed by atoms with E-state index in [0.29, 0.717) is 0 Å². The summed E-state index contributed by atoms with van der Waals surface area (Å²) in [6, 6.07) is 13.6. The summed E-state index contributed by atoms with van der Waals surface area (Å²) in [5, 5.41) is 0. The Kier molecular flexibility index (Phi) is 5.00. The maximum atomic E-state index is 2.43. The molecule has 2 aromatic rings. The van der Waals surface area contributed by atoms with Crippen LogP contribution in [0.4, 0.5) is 0 Å². The largest absolute Gasteiger partial charge is 0.0651 e. The van der Waals surface area contributed by atoms with Crippen molar-refractivity contribution in [3.05, 3.63) is 70.6 Å². The van der Waals surface area contributed by atoms with E-state index in [0.717, 1.165) is 12.8 Å². The summed E-state index contributed by atoms with van der Waals surface area (Å²) < 4.78 is 0. The van der Waals surface area contributed by atoms with Crippen molar-refractivity contribution in [2.24, 2.45) is 0 Å². The minimum absolute atomic E-state index is 1.08. The van der Waals surface area contributed by atoms with Gasteiger partial charge in [0.1, 0.15) is 0 Å². The summed E-state index contributed by atoms with van der Waals surface area (Å²) in [4.78, 5) is 0. The molecular formula is C23H27. The van der Waals surface area contributed by atoms with Crippen LogP contribution in [0, 0.1) is 6.42 Å². The number of hydrogen-bond donors (Lipinski definition) is 0. The van der Waals surface area contributed by atoms with E-state index in [1.807, 2.05) is 0 Å². The molecule has 23 heavy (non-hydrogen) atoms. The van der Waals surface area contributed by atoms with Crippen molar-refractivity contribution >= 4 is 6.08 Å². The maximum Gasteiger partial charge on any atom is 0.0164 e. The molecule has 0 spiro atoms. The Hall–Kier alpha value is -1.82. The van der Waals surface area contributed by atoms with Crippen LogP contribution in [0.3, 0.4) is 0 Å². The second-order valence-electron chi connectivity index (χ2n) is 6.48. The SMILES string of the molecule is CCCC1=Cc2c(ccc(CCC)c2-c2ccccc2CC)[CH]1. The molecular weight excluding hydrogens is 276 g/mol. The summed E-state index contributed by atoms with van der Waals surface area (Å²) in [7, 11) is 0. The zero-order valence-corrected chi connectivity index (χ0v) is 14.7. The molecule has 0 saturated heterocycles. The van der Waals surface area contributed by atoms with Crippen molar-refractivity contribution in [1.29, 1.82) is 0 Å². The lowest BCUT2D eigenvalue weighted by molar-refractivity contribution is 0.921. The quantitative estimate of drug-likeness (QED) is 0.562. The third kappa shape index (κ3) is 3.13. The van der Waals surface area contributed by atoms with Crippen LogP contribution >= 0.6 is 0 Å². The first kappa shape index (κ1) is 16.1. The van der Waals surface area contributed by atoms with Crippen molar-refractivity contribution in [2.45, 2.75) is 52.9 Å². The van der Waals surface area contributed by atoms with Crippen LogP contribution in [0.25, 0.3) is 17.2 Å². The van der Waals surface area contributed by atoms with Gasteiger partial charge >= 0.3 is 0 Å². The Morgan fingerprint density at radius 3 is 2.30 bits per heavy atom. The molecule has 1 aliphatic carbocycles. The van der Waals surface area contributed by atoms with E-state index in [4.69, 9.17) is 0 Å². The first-order valence-corrected chi connectivity index (χ1v) is 9.07. The van der Waals surface area contributed by atoms with Gasteiger partial charge in [-0.25, -0.2) is 0 Å². The van der Waals surface area contributed by atoms with Gasteiger partial charge in [0.05, 0.1) is 0 Å². The van der Waals surface area contributed by atoms with Crippen molar-refractivity contribution < 1.29 is 0 Å². The highest BCUT2D eigenvalue weighted by Crippen LogP contribution is 2.40. The van der Waals surface area contributed by atoms with E-state index in [1.165, 1.54) is 58.2 Å². The van der Waals surface area contributed by atoms with E-state index < -0.39 is 0 Å². The molecule has 0 N–H and O–H groups in total. The highest BCUT2D eigenvalue weighted by atomic mass is 14.2. The molecule has 0 bridgehead atoms. The van der Waals surface area contributed by atoms with Gasteiger partial charge in [-0.15, -0.1) is 0 Å². The predicted octanol–water partition coefficient (Wildman–Crippen LogP) is 6.62. The van der Waals surface area contributed by atoms with Gasteiger partial charge in [0.25, 0.3) is 0 Å². The summed E-state index contributed by atoms with van der Waals surface area (Å²) in [5.74, 6) is 0. The zero-order valence-electron chi connectivity index (χ0n) is 14.7. The molecule has 3 rings (SSSR count). The number of rotatable bonds is 6. The lowest BCUT2D eigenvalue weighted by Crippen LogP contribution is -1.97. The minimum Gasteiger partial charge on any atom is -0.0651 e. The van der Waals surface area contributed by atoms with Crippen LogP contribution in [0.1, 0.15) is 62.3 Å². The number of allylic oxidation sites excluding steroid dienone is 1. The average Bonchev–Trinajstić information content (AvgIpc) is 2.98. The summed E-state index contributed by atoms with van der Waals surface area (Å²) in [5.41, 5.74) is 10.2. The van der Waals surface area contributed by atoms with Gasteiger partial charge in [0.15, 0.2) is 0 Å². The molecule has 0 atom stereocenters. The van der Waals surface area contributed by atoms with Crippen LogP contribution in [-0.4, -0.2) is 0 Å². The molecule has 0 fully saturated rings. The third-order valence-corrected chi connectivity index (χ3v) is 4.76. The molecule has 0 heterocycles. The average molecular weight is 303 g/mol. The number of benzene rings is 2. The first-order valence-electron chi connectivity index (χ1n) is 9.07.